The molecular weight excluding hydrogens is 266 g/mol. The Hall–Kier alpha value is -2.04. The SMILES string of the molecule is [CH2]C(Cc1ccccc1)NCCCC#Cc1ccccc1C. The summed E-state index contributed by atoms with van der Waals surface area (Å²) in [5, 5.41) is 3.46. The van der Waals surface area contributed by atoms with Crippen LogP contribution in [0.3, 0.4) is 0 Å². The molecule has 0 fully saturated rings. The molecule has 0 aliphatic rings. The van der Waals surface area contributed by atoms with Gasteiger partial charge in [0.1, 0.15) is 0 Å². The molecule has 0 heterocycles. The lowest BCUT2D eigenvalue weighted by atomic mass is 10.1. The number of unbranched alkanes of at least 4 members (excludes halogenated alkanes) is 1. The van der Waals surface area contributed by atoms with Crippen molar-refractivity contribution in [3.8, 4) is 11.8 Å². The largest absolute Gasteiger partial charge is 0.314 e. The Morgan fingerprint density at radius 3 is 2.55 bits per heavy atom. The van der Waals surface area contributed by atoms with E-state index in [4.69, 9.17) is 0 Å². The average Bonchev–Trinajstić information content (AvgIpc) is 2.53. The van der Waals surface area contributed by atoms with Crippen molar-refractivity contribution < 1.29 is 0 Å². The van der Waals surface area contributed by atoms with Gasteiger partial charge in [0.25, 0.3) is 0 Å². The summed E-state index contributed by atoms with van der Waals surface area (Å²) in [6.07, 6.45) is 2.94. The fraction of sp³-hybridized carbons (Fsp3) is 0.286. The second-order valence-corrected chi connectivity index (χ2v) is 5.56. The van der Waals surface area contributed by atoms with Crippen LogP contribution in [0, 0.1) is 25.7 Å². The van der Waals surface area contributed by atoms with E-state index in [1.54, 1.807) is 0 Å². The predicted octanol–water partition coefficient (Wildman–Crippen LogP) is 4.16. The number of benzene rings is 2. The standard InChI is InChI=1S/C21H24N/c1-18-11-8-9-15-21(18)14-7-4-10-16-22-19(2)17-20-12-5-3-6-13-20/h3,5-6,8-9,11-13,15,19,22H,2,4,10,16-17H2,1H3. The van der Waals surface area contributed by atoms with Crippen LogP contribution in [0.15, 0.2) is 54.6 Å². The van der Waals surface area contributed by atoms with Crippen molar-refractivity contribution in [2.24, 2.45) is 0 Å². The fourth-order valence-electron chi connectivity index (χ4n) is 2.32. The number of hydrogen-bond acceptors (Lipinski definition) is 1. The second kappa shape index (κ2) is 9.07. The topological polar surface area (TPSA) is 12.0 Å². The number of hydrogen-bond donors (Lipinski definition) is 1. The molecule has 1 nitrogen and oxygen atoms in total. The van der Waals surface area contributed by atoms with Crippen molar-refractivity contribution in [3.05, 3.63) is 78.2 Å². The summed E-state index contributed by atoms with van der Waals surface area (Å²) in [6.45, 7) is 7.22. The van der Waals surface area contributed by atoms with Gasteiger partial charge in [-0.2, -0.15) is 0 Å². The first-order valence-electron chi connectivity index (χ1n) is 7.90. The minimum Gasteiger partial charge on any atom is -0.314 e. The molecule has 1 unspecified atom stereocenters. The molecule has 2 aromatic carbocycles. The molecule has 2 rings (SSSR count). The molecular formula is C21H24N. The van der Waals surface area contributed by atoms with Crippen LogP contribution < -0.4 is 5.32 Å². The third-order valence-electron chi connectivity index (χ3n) is 3.60. The summed E-state index contributed by atoms with van der Waals surface area (Å²) in [6, 6.07) is 19.0. The van der Waals surface area contributed by atoms with Crippen LogP contribution in [-0.2, 0) is 6.42 Å². The van der Waals surface area contributed by atoms with E-state index in [-0.39, 0.29) is 6.04 Å². The number of rotatable bonds is 6. The van der Waals surface area contributed by atoms with Gasteiger partial charge in [-0.05, 0) is 50.4 Å². The van der Waals surface area contributed by atoms with E-state index in [0.717, 1.165) is 31.4 Å². The molecule has 1 atom stereocenters. The van der Waals surface area contributed by atoms with Crippen LogP contribution in [-0.4, -0.2) is 12.6 Å². The smallest absolute Gasteiger partial charge is 0.0274 e. The van der Waals surface area contributed by atoms with Gasteiger partial charge in [0.15, 0.2) is 0 Å². The van der Waals surface area contributed by atoms with Crippen molar-refractivity contribution in [2.45, 2.75) is 32.2 Å². The molecule has 0 spiro atoms. The molecule has 0 bridgehead atoms. The molecule has 0 amide bonds. The summed E-state index contributed by atoms with van der Waals surface area (Å²) in [5.41, 5.74) is 3.71. The Labute approximate surface area is 134 Å². The summed E-state index contributed by atoms with van der Waals surface area (Å²) >= 11 is 0. The van der Waals surface area contributed by atoms with Crippen LogP contribution in [0.2, 0.25) is 0 Å². The normalized spacial score (nSPS) is 11.5. The molecule has 113 valence electrons. The Morgan fingerprint density at radius 2 is 1.77 bits per heavy atom. The van der Waals surface area contributed by atoms with Gasteiger partial charge in [-0.15, -0.1) is 0 Å². The van der Waals surface area contributed by atoms with Crippen molar-refractivity contribution in [3.63, 3.8) is 0 Å². The zero-order chi connectivity index (χ0) is 15.6. The van der Waals surface area contributed by atoms with E-state index in [0.29, 0.717) is 0 Å². The van der Waals surface area contributed by atoms with E-state index in [2.05, 4.69) is 67.4 Å². The summed E-state index contributed by atoms with van der Waals surface area (Å²) in [7, 11) is 0. The Bertz CT molecular complexity index is 619. The lowest BCUT2D eigenvalue weighted by Gasteiger charge is -2.13. The molecule has 22 heavy (non-hydrogen) atoms. The highest BCUT2D eigenvalue weighted by Crippen LogP contribution is 2.05. The van der Waals surface area contributed by atoms with Crippen LogP contribution in [0.4, 0.5) is 0 Å². The summed E-state index contributed by atoms with van der Waals surface area (Å²) < 4.78 is 0. The highest BCUT2D eigenvalue weighted by atomic mass is 14.9. The summed E-state index contributed by atoms with van der Waals surface area (Å²) in [5.74, 6) is 6.50. The quantitative estimate of drug-likeness (QED) is 0.622. The van der Waals surface area contributed by atoms with Gasteiger partial charge in [0, 0.05) is 18.0 Å². The molecule has 0 aromatic heterocycles. The number of nitrogens with one attached hydrogen (secondary N) is 1. The fourth-order valence-corrected chi connectivity index (χ4v) is 2.32. The van der Waals surface area contributed by atoms with E-state index in [1.165, 1.54) is 11.1 Å². The van der Waals surface area contributed by atoms with Gasteiger partial charge in [0.05, 0.1) is 0 Å². The van der Waals surface area contributed by atoms with Crippen LogP contribution in [0.1, 0.15) is 29.5 Å². The van der Waals surface area contributed by atoms with Gasteiger partial charge >= 0.3 is 0 Å². The van der Waals surface area contributed by atoms with Crippen LogP contribution in [0.5, 0.6) is 0 Å². The maximum absolute atomic E-state index is 4.16. The number of aryl methyl sites for hydroxylation is 1. The van der Waals surface area contributed by atoms with Gasteiger partial charge in [-0.1, -0.05) is 60.4 Å². The minimum atomic E-state index is 0.256. The Balaban J connectivity index is 1.64. The Morgan fingerprint density at radius 1 is 1.05 bits per heavy atom. The van der Waals surface area contributed by atoms with Crippen molar-refractivity contribution in [2.75, 3.05) is 6.54 Å². The molecule has 2 aromatic rings. The Kier molecular flexibility index (Phi) is 6.74. The first kappa shape index (κ1) is 16.3. The monoisotopic (exact) mass is 290 g/mol. The van der Waals surface area contributed by atoms with E-state index in [9.17, 15) is 0 Å². The predicted molar refractivity (Wildman–Crippen MR) is 94.6 cm³/mol. The molecule has 0 saturated carbocycles. The van der Waals surface area contributed by atoms with E-state index >= 15 is 0 Å². The third-order valence-corrected chi connectivity index (χ3v) is 3.60. The van der Waals surface area contributed by atoms with Crippen molar-refractivity contribution in [1.82, 2.24) is 5.32 Å². The lowest BCUT2D eigenvalue weighted by molar-refractivity contribution is 0.574. The summed E-state index contributed by atoms with van der Waals surface area (Å²) in [4.78, 5) is 0. The maximum atomic E-state index is 4.16. The molecule has 0 saturated heterocycles. The van der Waals surface area contributed by atoms with Gasteiger partial charge in [-0.25, -0.2) is 0 Å². The first-order valence-corrected chi connectivity index (χ1v) is 7.90. The highest BCUT2D eigenvalue weighted by molar-refractivity contribution is 5.40. The first-order chi connectivity index (χ1) is 10.8. The van der Waals surface area contributed by atoms with Crippen molar-refractivity contribution in [1.29, 1.82) is 0 Å². The zero-order valence-electron chi connectivity index (χ0n) is 13.3. The third kappa shape index (κ3) is 5.76. The van der Waals surface area contributed by atoms with E-state index in [1.807, 2.05) is 18.2 Å². The van der Waals surface area contributed by atoms with Gasteiger partial charge in [0.2, 0.25) is 0 Å². The molecule has 1 heteroatoms. The average molecular weight is 290 g/mol. The minimum absolute atomic E-state index is 0.256. The van der Waals surface area contributed by atoms with Crippen LogP contribution in [0.25, 0.3) is 0 Å². The lowest BCUT2D eigenvalue weighted by Crippen LogP contribution is -2.29. The highest BCUT2D eigenvalue weighted by Gasteiger charge is 2.01. The molecule has 1 radical (unpaired) electrons. The van der Waals surface area contributed by atoms with Gasteiger partial charge < -0.3 is 5.32 Å². The van der Waals surface area contributed by atoms with Crippen molar-refractivity contribution >= 4 is 0 Å². The van der Waals surface area contributed by atoms with Crippen LogP contribution >= 0.6 is 0 Å². The molecule has 0 aliphatic carbocycles. The maximum Gasteiger partial charge on any atom is 0.0274 e. The second-order valence-electron chi connectivity index (χ2n) is 5.56. The van der Waals surface area contributed by atoms with Gasteiger partial charge in [-0.3, -0.25) is 0 Å². The van der Waals surface area contributed by atoms with E-state index < -0.39 is 0 Å². The molecule has 0 aliphatic heterocycles. The molecule has 1 N–H and O–H groups in total. The zero-order valence-corrected chi connectivity index (χ0v) is 13.3.